The summed E-state index contributed by atoms with van der Waals surface area (Å²) in [7, 11) is 1.36. The molecule has 2 saturated heterocycles. The molecule has 22 heteroatoms. The zero-order valence-electron chi connectivity index (χ0n) is 42.3. The summed E-state index contributed by atoms with van der Waals surface area (Å²) < 4.78 is 5.85. The number of nitrogens with two attached hydrogens (primary N) is 1. The van der Waals surface area contributed by atoms with E-state index in [0.29, 0.717) is 30.4 Å². The third-order valence-corrected chi connectivity index (χ3v) is 13.0. The number of phenols is 1. The molecule has 2 aromatic rings. The first-order chi connectivity index (χ1) is 34.6. The number of carboxylic acid groups (broad SMARTS) is 1. The molecule has 2 fully saturated rings. The fourth-order valence-electron chi connectivity index (χ4n) is 8.77. The molecule has 0 saturated carbocycles. The molecule has 0 aromatic heterocycles. The minimum absolute atomic E-state index is 0.000321. The highest BCUT2D eigenvalue weighted by atomic mass is 16.5. The van der Waals surface area contributed by atoms with E-state index in [1.54, 1.807) is 56.3 Å². The highest BCUT2D eigenvalue weighted by Gasteiger charge is 2.46. The van der Waals surface area contributed by atoms with Crippen LogP contribution in [0.15, 0.2) is 54.6 Å². The number of likely N-dealkylation sites (N-methyl/N-ethyl adjacent to an activating group) is 1. The van der Waals surface area contributed by atoms with Gasteiger partial charge in [0.2, 0.25) is 41.4 Å². The quantitative estimate of drug-likeness (QED) is 0.0387. The average Bonchev–Trinajstić information content (AvgIpc) is 3.33. The van der Waals surface area contributed by atoms with Crippen molar-refractivity contribution in [3.8, 4) is 5.75 Å². The number of carbonyl (C=O) groups excluding carboxylic acids is 8. The van der Waals surface area contributed by atoms with Gasteiger partial charge in [-0.2, -0.15) is 0 Å². The third kappa shape index (κ3) is 17.6. The first kappa shape index (κ1) is 58.5. The van der Waals surface area contributed by atoms with Crippen LogP contribution in [0.25, 0.3) is 0 Å². The molecule has 73 heavy (non-hydrogen) atoms. The number of fused-ring (bicyclic) bond motifs is 2. The van der Waals surface area contributed by atoms with Crippen molar-refractivity contribution in [1.82, 2.24) is 36.4 Å². The standard InChI is InChI=1S/C51H73N9O13/c1-6-7-9-18-40(62)54-36(28-42(64)65)46(67)58-44-30(4)73-51(72)43(29(2)3)57-47(68)37(25-21-31-19-22-33(61)23-20-31)59(5)50(71)38(27-32-14-10-8-11-15-32)60-41(63)26-24-35(49(60)70)56-45(66)34(55-48(44)69)16-12-13-17-39(52)53/h8,10-11,14-15,19-20,22-23,29-30,34-38,41,43-44,61,63H,6-7,9,12-13,16-18,21,24-28H2,1-5H3,(H3,52,53)(H,54,62)(H,55,69)(H,56,66)(H,57,68)(H,58,67)(H,64,65)/t30-,34-,35-,36+,37-,38+,41-,43+,44+/m1/s1. The third-order valence-electron chi connectivity index (χ3n) is 13.0. The number of aliphatic hydroxyl groups is 1. The Morgan fingerprint density at radius 2 is 1.51 bits per heavy atom. The lowest BCUT2D eigenvalue weighted by Crippen LogP contribution is -2.65. The van der Waals surface area contributed by atoms with Crippen LogP contribution >= 0.6 is 0 Å². The van der Waals surface area contributed by atoms with E-state index < -0.39 is 120 Å². The monoisotopic (exact) mass is 1020 g/mol. The molecule has 11 N–H and O–H groups in total. The van der Waals surface area contributed by atoms with Gasteiger partial charge in [0.15, 0.2) is 0 Å². The fourth-order valence-corrected chi connectivity index (χ4v) is 8.77. The van der Waals surface area contributed by atoms with Gasteiger partial charge in [0, 0.05) is 26.3 Å². The van der Waals surface area contributed by atoms with Crippen LogP contribution in [0.2, 0.25) is 0 Å². The number of nitrogens with one attached hydrogen (secondary N) is 6. The zero-order valence-corrected chi connectivity index (χ0v) is 42.3. The number of rotatable bonds is 20. The second-order valence-electron chi connectivity index (χ2n) is 19.1. The number of piperidine rings is 1. The fraction of sp³-hybridized carbons (Fsp3) is 0.569. The second kappa shape index (κ2) is 28.2. The summed E-state index contributed by atoms with van der Waals surface area (Å²) in [5.41, 5.74) is 6.86. The Bertz CT molecular complexity index is 2260. The Morgan fingerprint density at radius 1 is 0.836 bits per heavy atom. The molecule has 2 bridgehead atoms. The molecule has 2 aliphatic heterocycles. The first-order valence-electron chi connectivity index (χ1n) is 25.0. The predicted molar refractivity (Wildman–Crippen MR) is 266 cm³/mol. The molecule has 0 unspecified atom stereocenters. The van der Waals surface area contributed by atoms with E-state index in [0.717, 1.165) is 16.2 Å². The second-order valence-corrected chi connectivity index (χ2v) is 19.1. The maximum Gasteiger partial charge on any atom is 0.329 e. The van der Waals surface area contributed by atoms with Gasteiger partial charge >= 0.3 is 11.9 Å². The van der Waals surface area contributed by atoms with Crippen LogP contribution in [0.5, 0.6) is 5.75 Å². The van der Waals surface area contributed by atoms with Crippen LogP contribution in [0, 0.1) is 11.3 Å². The summed E-state index contributed by atoms with van der Waals surface area (Å²) in [6, 6.07) is 4.24. The normalized spacial score (nSPS) is 23.9. The van der Waals surface area contributed by atoms with Crippen molar-refractivity contribution in [2.24, 2.45) is 11.7 Å². The van der Waals surface area contributed by atoms with E-state index in [-0.39, 0.29) is 69.4 Å². The van der Waals surface area contributed by atoms with Gasteiger partial charge in [0.05, 0.1) is 12.3 Å². The summed E-state index contributed by atoms with van der Waals surface area (Å²) in [4.78, 5) is 129. The van der Waals surface area contributed by atoms with Gasteiger partial charge in [-0.1, -0.05) is 82.5 Å². The van der Waals surface area contributed by atoms with Crippen molar-refractivity contribution in [3.05, 3.63) is 65.7 Å². The van der Waals surface area contributed by atoms with Gasteiger partial charge in [-0.15, -0.1) is 0 Å². The molecule has 4 rings (SSSR count). The number of esters is 1. The molecule has 2 aliphatic rings. The van der Waals surface area contributed by atoms with Crippen molar-refractivity contribution >= 4 is 59.1 Å². The number of aliphatic hydroxyl groups excluding tert-OH is 1. The van der Waals surface area contributed by atoms with Gasteiger partial charge < -0.3 is 62.2 Å². The lowest BCUT2D eigenvalue weighted by molar-refractivity contribution is -0.165. The molecule has 0 radical (unpaired) electrons. The summed E-state index contributed by atoms with van der Waals surface area (Å²) in [5.74, 6) is -9.50. The number of aliphatic carboxylic acids is 1. The molecule has 2 aromatic carbocycles. The maximum absolute atomic E-state index is 15.1. The molecule has 0 spiro atoms. The van der Waals surface area contributed by atoms with Crippen molar-refractivity contribution in [2.75, 3.05) is 7.05 Å². The van der Waals surface area contributed by atoms with Crippen LogP contribution in [0.3, 0.4) is 0 Å². The van der Waals surface area contributed by atoms with E-state index in [1.165, 1.54) is 26.1 Å². The van der Waals surface area contributed by atoms with E-state index >= 15 is 4.79 Å². The minimum Gasteiger partial charge on any atom is -0.508 e. The number of hydrogen-bond donors (Lipinski definition) is 10. The highest BCUT2D eigenvalue weighted by Crippen LogP contribution is 2.26. The van der Waals surface area contributed by atoms with Gasteiger partial charge in [-0.05, 0) is 81.0 Å². The number of ether oxygens (including phenoxy) is 1. The minimum atomic E-state index is -1.87. The number of cyclic esters (lactones) is 1. The van der Waals surface area contributed by atoms with E-state index in [1.807, 2.05) is 6.92 Å². The lowest BCUT2D eigenvalue weighted by Gasteiger charge is -2.43. The Labute approximate surface area is 425 Å². The Hall–Kier alpha value is -7.10. The SMILES string of the molecule is CCCCCC(=O)N[C@@H](CC(=O)O)C(=O)N[C@@H]1C(=O)N[C@H](CCCCC(=N)N)C(=O)N[C@@H]2CC[C@@H](O)N(C2=O)[C@@H](Cc2ccccc2)C(=O)N(C)[C@H](CCc2ccc(O)cc2)C(=O)N[C@@H](C(C)C)C(=O)O[C@@H]1C. The van der Waals surface area contributed by atoms with E-state index in [2.05, 4.69) is 26.6 Å². The number of unbranched alkanes of at least 4 members (excludes halogenated alkanes) is 3. The van der Waals surface area contributed by atoms with Crippen LogP contribution in [-0.2, 0) is 60.7 Å². The maximum atomic E-state index is 15.1. The lowest BCUT2D eigenvalue weighted by atomic mass is 9.95. The number of aryl methyl sites for hydroxylation is 1. The molecule has 22 nitrogen and oxygen atoms in total. The average molecular weight is 1020 g/mol. The summed E-state index contributed by atoms with van der Waals surface area (Å²) >= 11 is 0. The number of nitrogens with zero attached hydrogens (tertiary/aromatic N) is 2. The first-order valence-corrected chi connectivity index (χ1v) is 25.0. The van der Waals surface area contributed by atoms with E-state index in [9.17, 15) is 53.7 Å². The molecule has 400 valence electrons. The van der Waals surface area contributed by atoms with Crippen LogP contribution in [0.4, 0.5) is 0 Å². The van der Waals surface area contributed by atoms with Crippen molar-refractivity contribution in [2.45, 2.75) is 172 Å². The number of benzene rings is 2. The van der Waals surface area contributed by atoms with Gasteiger partial charge in [-0.25, -0.2) is 4.79 Å². The molecular weight excluding hydrogens is 947 g/mol. The highest BCUT2D eigenvalue weighted by molar-refractivity contribution is 5.99. The van der Waals surface area contributed by atoms with E-state index in [4.69, 9.17) is 15.9 Å². The molecule has 9 atom stereocenters. The van der Waals surface area contributed by atoms with Crippen LogP contribution in [0.1, 0.15) is 116 Å². The number of carboxylic acids is 1. The Morgan fingerprint density at radius 3 is 2.14 bits per heavy atom. The zero-order chi connectivity index (χ0) is 53.9. The number of amidine groups is 1. The van der Waals surface area contributed by atoms with Crippen molar-refractivity contribution < 1.29 is 63.2 Å². The van der Waals surface area contributed by atoms with Crippen molar-refractivity contribution in [3.63, 3.8) is 0 Å². The van der Waals surface area contributed by atoms with Gasteiger partial charge in [-0.3, -0.25) is 43.8 Å². The van der Waals surface area contributed by atoms with Gasteiger partial charge in [0.1, 0.15) is 60.4 Å². The molecule has 2 heterocycles. The van der Waals surface area contributed by atoms with Crippen molar-refractivity contribution in [1.29, 1.82) is 5.41 Å². The van der Waals surface area contributed by atoms with Crippen LogP contribution < -0.4 is 32.3 Å². The smallest absolute Gasteiger partial charge is 0.329 e. The number of carbonyl (C=O) groups is 9. The number of amides is 7. The number of hydrogen-bond acceptors (Lipinski definition) is 13. The molecule has 0 aliphatic carbocycles. The Kier molecular flexibility index (Phi) is 22.6. The number of aromatic hydroxyl groups is 1. The summed E-state index contributed by atoms with van der Waals surface area (Å²) in [6.07, 6.45) is -1.76. The Balaban J connectivity index is 1.86. The largest absolute Gasteiger partial charge is 0.508 e. The topological polar surface area (TPSA) is 340 Å². The summed E-state index contributed by atoms with van der Waals surface area (Å²) in [6.45, 7) is 6.37. The summed E-state index contributed by atoms with van der Waals surface area (Å²) in [5, 5.41) is 51.8. The van der Waals surface area contributed by atoms with Gasteiger partial charge in [0.25, 0.3) is 0 Å². The molecular formula is C51H73N9O13. The van der Waals surface area contributed by atoms with Crippen LogP contribution in [-0.4, -0.2) is 146 Å². The molecule has 7 amide bonds. The predicted octanol–water partition coefficient (Wildman–Crippen LogP) is 1.28. The number of phenolic OH excluding ortho intramolecular Hbond substituents is 1.